The first-order valence-electron chi connectivity index (χ1n) is 8.44. The van der Waals surface area contributed by atoms with Crippen LogP contribution in [0.1, 0.15) is 35.8 Å². The fraction of sp³-hybridized carbons (Fsp3) is 0.750. The molecule has 0 radical (unpaired) electrons. The van der Waals surface area contributed by atoms with E-state index in [4.69, 9.17) is 0 Å². The van der Waals surface area contributed by atoms with Gasteiger partial charge in [-0.05, 0) is 13.8 Å². The molecule has 1 amide bonds. The molecule has 134 valence electrons. The molecular formula is C16H24F2N4O2. The summed E-state index contributed by atoms with van der Waals surface area (Å²) in [6.45, 7) is 5.52. The lowest BCUT2D eigenvalue weighted by Crippen LogP contribution is -2.49. The summed E-state index contributed by atoms with van der Waals surface area (Å²) in [6.07, 6.45) is 0.639. The number of alkyl halides is 2. The van der Waals surface area contributed by atoms with Crippen molar-refractivity contribution in [1.29, 1.82) is 0 Å². The van der Waals surface area contributed by atoms with E-state index in [1.165, 1.54) is 0 Å². The van der Waals surface area contributed by atoms with Crippen molar-refractivity contribution in [3.05, 3.63) is 17.5 Å². The van der Waals surface area contributed by atoms with Crippen LogP contribution in [0.2, 0.25) is 0 Å². The summed E-state index contributed by atoms with van der Waals surface area (Å²) in [6, 6.07) is -0.272. The van der Waals surface area contributed by atoms with Gasteiger partial charge in [-0.3, -0.25) is 14.4 Å². The Morgan fingerprint density at radius 1 is 1.38 bits per heavy atom. The van der Waals surface area contributed by atoms with Gasteiger partial charge >= 0.3 is 0 Å². The average Bonchev–Trinajstić information content (AvgIpc) is 3.10. The van der Waals surface area contributed by atoms with Crippen molar-refractivity contribution in [2.75, 3.05) is 26.2 Å². The second kappa shape index (κ2) is 6.40. The number of aliphatic hydroxyl groups is 1. The first-order chi connectivity index (χ1) is 11.3. The molecular weight excluding hydrogens is 318 g/mol. The Kier molecular flexibility index (Phi) is 4.61. The third-order valence-electron chi connectivity index (χ3n) is 5.05. The SMILES string of the molecule is CCn1cc(C(=O)N2C[C@@H](O)[C@H](N3CCC(F)(F)CC3)C2)c(C)n1. The van der Waals surface area contributed by atoms with Crippen molar-refractivity contribution in [1.82, 2.24) is 19.6 Å². The molecule has 0 spiro atoms. The van der Waals surface area contributed by atoms with Gasteiger partial charge < -0.3 is 10.0 Å². The van der Waals surface area contributed by atoms with Gasteiger partial charge in [-0.1, -0.05) is 0 Å². The van der Waals surface area contributed by atoms with E-state index < -0.39 is 12.0 Å². The fourth-order valence-electron chi connectivity index (χ4n) is 3.54. The van der Waals surface area contributed by atoms with Crippen molar-refractivity contribution >= 4 is 5.91 Å². The number of amides is 1. The van der Waals surface area contributed by atoms with E-state index in [9.17, 15) is 18.7 Å². The van der Waals surface area contributed by atoms with E-state index in [0.717, 1.165) is 0 Å². The predicted molar refractivity (Wildman–Crippen MR) is 84.1 cm³/mol. The first kappa shape index (κ1) is 17.3. The third kappa shape index (κ3) is 3.30. The lowest BCUT2D eigenvalue weighted by molar-refractivity contribution is -0.0697. The summed E-state index contributed by atoms with van der Waals surface area (Å²) in [5.41, 5.74) is 1.20. The molecule has 8 heteroatoms. The number of β-amino-alcohol motifs (C(OH)–C–C–N with tert-alkyl or cyclic N) is 1. The highest BCUT2D eigenvalue weighted by molar-refractivity contribution is 5.95. The normalized spacial score (nSPS) is 27.6. The quantitative estimate of drug-likeness (QED) is 0.894. The minimum absolute atomic E-state index is 0.156. The Morgan fingerprint density at radius 3 is 2.62 bits per heavy atom. The van der Waals surface area contributed by atoms with Crippen LogP contribution in [-0.2, 0) is 6.54 Å². The Labute approximate surface area is 140 Å². The average molecular weight is 342 g/mol. The van der Waals surface area contributed by atoms with Gasteiger partial charge in [-0.2, -0.15) is 5.10 Å². The Hall–Kier alpha value is -1.54. The maximum Gasteiger partial charge on any atom is 0.257 e. The van der Waals surface area contributed by atoms with Gasteiger partial charge in [0.05, 0.1) is 23.4 Å². The second-order valence-electron chi connectivity index (χ2n) is 6.72. The van der Waals surface area contributed by atoms with Crippen LogP contribution < -0.4 is 0 Å². The molecule has 1 N–H and O–H groups in total. The van der Waals surface area contributed by atoms with Gasteiger partial charge in [0, 0.05) is 51.8 Å². The number of hydrogen-bond donors (Lipinski definition) is 1. The summed E-state index contributed by atoms with van der Waals surface area (Å²) in [4.78, 5) is 16.2. The van der Waals surface area contributed by atoms with Gasteiger partial charge in [-0.15, -0.1) is 0 Å². The van der Waals surface area contributed by atoms with Crippen LogP contribution in [0.4, 0.5) is 8.78 Å². The van der Waals surface area contributed by atoms with Gasteiger partial charge in [0.2, 0.25) is 0 Å². The molecule has 2 saturated heterocycles. The zero-order valence-electron chi connectivity index (χ0n) is 14.1. The molecule has 2 aliphatic rings. The maximum atomic E-state index is 13.3. The summed E-state index contributed by atoms with van der Waals surface area (Å²) >= 11 is 0. The van der Waals surface area contributed by atoms with Gasteiger partial charge in [0.1, 0.15) is 0 Å². The first-order valence-corrected chi connectivity index (χ1v) is 8.44. The van der Waals surface area contributed by atoms with Crippen LogP contribution in [0.3, 0.4) is 0 Å². The number of halogens is 2. The number of aromatic nitrogens is 2. The zero-order chi connectivity index (χ0) is 17.5. The lowest BCUT2D eigenvalue weighted by atomic mass is 10.0. The predicted octanol–water partition coefficient (Wildman–Crippen LogP) is 1.13. The Balaban J connectivity index is 1.67. The molecule has 0 unspecified atom stereocenters. The highest BCUT2D eigenvalue weighted by Gasteiger charge is 2.42. The number of carbonyl (C=O) groups is 1. The zero-order valence-corrected chi connectivity index (χ0v) is 14.1. The van der Waals surface area contributed by atoms with E-state index in [2.05, 4.69) is 5.10 Å². The third-order valence-corrected chi connectivity index (χ3v) is 5.05. The van der Waals surface area contributed by atoms with Crippen LogP contribution in [0.5, 0.6) is 0 Å². The van der Waals surface area contributed by atoms with Crippen LogP contribution >= 0.6 is 0 Å². The molecule has 2 aliphatic heterocycles. The number of nitrogens with zero attached hydrogens (tertiary/aromatic N) is 4. The number of rotatable bonds is 3. The van der Waals surface area contributed by atoms with Crippen LogP contribution in [0.25, 0.3) is 0 Å². The van der Waals surface area contributed by atoms with E-state index in [1.54, 1.807) is 22.7 Å². The minimum Gasteiger partial charge on any atom is -0.390 e. The molecule has 1 aromatic heterocycles. The molecule has 0 aromatic carbocycles. The monoisotopic (exact) mass is 342 g/mol. The van der Waals surface area contributed by atoms with Gasteiger partial charge in [0.15, 0.2) is 0 Å². The molecule has 3 rings (SSSR count). The molecule has 2 atom stereocenters. The molecule has 24 heavy (non-hydrogen) atoms. The number of carbonyl (C=O) groups excluding carboxylic acids is 1. The standard InChI is InChI=1S/C16H24F2N4O2/c1-3-22-8-12(11(2)19-22)15(24)21-9-13(14(23)10-21)20-6-4-16(17,18)5-7-20/h8,13-14,23H,3-7,9-10H2,1-2H3/t13-,14-/m1/s1. The maximum absolute atomic E-state index is 13.3. The van der Waals surface area contributed by atoms with E-state index in [-0.39, 0.29) is 44.4 Å². The molecule has 2 fully saturated rings. The van der Waals surface area contributed by atoms with Crippen LogP contribution in [0.15, 0.2) is 6.20 Å². The second-order valence-corrected chi connectivity index (χ2v) is 6.72. The number of aliphatic hydroxyl groups excluding tert-OH is 1. The topological polar surface area (TPSA) is 61.6 Å². The van der Waals surface area contributed by atoms with E-state index in [0.29, 0.717) is 24.3 Å². The van der Waals surface area contributed by atoms with Crippen molar-refractivity contribution < 1.29 is 18.7 Å². The summed E-state index contributed by atoms with van der Waals surface area (Å²) in [5, 5.41) is 14.6. The summed E-state index contributed by atoms with van der Waals surface area (Å²) in [7, 11) is 0. The van der Waals surface area contributed by atoms with Crippen LogP contribution in [-0.4, -0.2) is 74.8 Å². The van der Waals surface area contributed by atoms with Gasteiger partial charge in [-0.25, -0.2) is 8.78 Å². The molecule has 0 aliphatic carbocycles. The van der Waals surface area contributed by atoms with E-state index >= 15 is 0 Å². The molecule has 0 saturated carbocycles. The number of piperidine rings is 1. The van der Waals surface area contributed by atoms with Crippen molar-refractivity contribution in [2.45, 2.75) is 51.3 Å². The van der Waals surface area contributed by atoms with Crippen LogP contribution in [0, 0.1) is 6.92 Å². The largest absolute Gasteiger partial charge is 0.390 e. The summed E-state index contributed by atoms with van der Waals surface area (Å²) in [5.74, 6) is -2.77. The summed E-state index contributed by atoms with van der Waals surface area (Å²) < 4.78 is 28.3. The lowest BCUT2D eigenvalue weighted by Gasteiger charge is -2.36. The Bertz CT molecular complexity index is 609. The fourth-order valence-corrected chi connectivity index (χ4v) is 3.54. The Morgan fingerprint density at radius 2 is 2.04 bits per heavy atom. The highest BCUT2D eigenvalue weighted by Crippen LogP contribution is 2.30. The molecule has 1 aromatic rings. The number of likely N-dealkylation sites (tertiary alicyclic amines) is 2. The highest BCUT2D eigenvalue weighted by atomic mass is 19.3. The van der Waals surface area contributed by atoms with Gasteiger partial charge in [0.25, 0.3) is 11.8 Å². The molecule has 6 nitrogen and oxygen atoms in total. The smallest absolute Gasteiger partial charge is 0.257 e. The van der Waals surface area contributed by atoms with E-state index in [1.807, 2.05) is 11.8 Å². The number of hydrogen-bond acceptors (Lipinski definition) is 4. The molecule has 3 heterocycles. The van der Waals surface area contributed by atoms with Crippen molar-refractivity contribution in [2.24, 2.45) is 0 Å². The van der Waals surface area contributed by atoms with Crippen molar-refractivity contribution in [3.8, 4) is 0 Å². The van der Waals surface area contributed by atoms with Crippen molar-refractivity contribution in [3.63, 3.8) is 0 Å². The minimum atomic E-state index is -2.61. The molecule has 0 bridgehead atoms. The number of aryl methyl sites for hydroxylation is 2.